The van der Waals surface area contributed by atoms with Crippen molar-refractivity contribution in [2.24, 2.45) is 0 Å². The first-order chi connectivity index (χ1) is 9.23. The molecule has 9 heteroatoms. The van der Waals surface area contributed by atoms with Crippen LogP contribution in [-0.2, 0) is 19.7 Å². The zero-order chi connectivity index (χ0) is 15.1. The molecule has 0 aromatic heterocycles. The number of amides is 2. The fraction of sp³-hybridized carbons (Fsp3) is 0.0909. The van der Waals surface area contributed by atoms with Gasteiger partial charge in [0.15, 0.2) is 0 Å². The van der Waals surface area contributed by atoms with Crippen LogP contribution < -0.4 is 5.32 Å². The molecule has 1 fully saturated rings. The van der Waals surface area contributed by atoms with Crippen molar-refractivity contribution in [3.8, 4) is 0 Å². The van der Waals surface area contributed by atoms with Crippen LogP contribution in [0.5, 0.6) is 0 Å². The molecule has 2 rings (SSSR count). The van der Waals surface area contributed by atoms with Gasteiger partial charge in [-0.15, -0.1) is 0 Å². The molecule has 0 radical (unpaired) electrons. The Hall–Kier alpha value is -2.39. The number of hydrogen-bond donors (Lipinski definition) is 3. The summed E-state index contributed by atoms with van der Waals surface area (Å²) in [4.78, 5) is 35.3. The van der Waals surface area contributed by atoms with E-state index in [2.05, 4.69) is 0 Å². The Labute approximate surface area is 113 Å². The maximum absolute atomic E-state index is 12.3. The quantitative estimate of drug-likeness (QED) is 0.288. The molecule has 1 aliphatic rings. The maximum Gasteiger partial charge on any atom is 0.293 e. The Bertz CT molecular complexity index is 739. The Morgan fingerprint density at radius 2 is 1.75 bits per heavy atom. The van der Waals surface area contributed by atoms with E-state index < -0.39 is 38.2 Å². The summed E-state index contributed by atoms with van der Waals surface area (Å²) in [5, 5.41) is 8.99. The minimum absolute atomic E-state index is 0.222. The van der Waals surface area contributed by atoms with Crippen LogP contribution in [0.3, 0.4) is 0 Å². The van der Waals surface area contributed by atoms with Crippen molar-refractivity contribution >= 4 is 33.4 Å². The highest BCUT2D eigenvalue weighted by Gasteiger charge is 2.66. The average molecular weight is 296 g/mol. The number of imide groups is 1. The van der Waals surface area contributed by atoms with Crippen LogP contribution >= 0.6 is 0 Å². The van der Waals surface area contributed by atoms with Gasteiger partial charge in [-0.2, -0.15) is 8.42 Å². The molecular formula is C11H8N2O6S. The van der Waals surface area contributed by atoms with E-state index in [0.717, 1.165) is 0 Å². The second-order valence-electron chi connectivity index (χ2n) is 4.01. The van der Waals surface area contributed by atoms with Crippen molar-refractivity contribution < 1.29 is 27.4 Å². The number of carbonyl (C=O) groups is 3. The first-order valence-corrected chi connectivity index (χ1v) is 6.68. The molecule has 20 heavy (non-hydrogen) atoms. The van der Waals surface area contributed by atoms with Gasteiger partial charge in [0, 0.05) is 5.56 Å². The lowest BCUT2D eigenvalue weighted by Crippen LogP contribution is -2.56. The van der Waals surface area contributed by atoms with Gasteiger partial charge in [-0.25, -0.2) is 0 Å². The van der Waals surface area contributed by atoms with E-state index in [-0.39, 0.29) is 5.56 Å². The molecule has 104 valence electrons. The third kappa shape index (κ3) is 1.67. The van der Waals surface area contributed by atoms with Gasteiger partial charge in [-0.3, -0.25) is 29.7 Å². The fourth-order valence-electron chi connectivity index (χ4n) is 1.90. The molecule has 1 atom stereocenters. The standard InChI is InChI=1S/C11H8N2O6S/c12-7-9(15)13-10(16)11(7,20(17,18)19)8(14)6-4-2-1-3-5-6/h1-5,12H,(H,13,15,16)(H,17,18,19). The second-order valence-corrected chi connectivity index (χ2v) is 5.57. The normalized spacial score (nSPS) is 22.8. The highest BCUT2D eigenvalue weighted by molar-refractivity contribution is 7.90. The summed E-state index contributed by atoms with van der Waals surface area (Å²) in [7, 11) is -5.35. The number of nitrogens with one attached hydrogen (secondary N) is 2. The summed E-state index contributed by atoms with van der Waals surface area (Å²) in [6, 6.07) is 6.77. The molecule has 1 aliphatic heterocycles. The van der Waals surface area contributed by atoms with Crippen LogP contribution in [-0.4, -0.2) is 41.0 Å². The predicted octanol–water partition coefficient (Wildman–Crippen LogP) is -0.828. The van der Waals surface area contributed by atoms with Crippen LogP contribution in [0.2, 0.25) is 0 Å². The van der Waals surface area contributed by atoms with E-state index in [1.807, 2.05) is 0 Å². The van der Waals surface area contributed by atoms with E-state index in [4.69, 9.17) is 5.41 Å². The zero-order valence-corrected chi connectivity index (χ0v) is 10.6. The van der Waals surface area contributed by atoms with Gasteiger partial charge in [0.05, 0.1) is 0 Å². The third-order valence-electron chi connectivity index (χ3n) is 2.87. The largest absolute Gasteiger partial charge is 0.297 e. The smallest absolute Gasteiger partial charge is 0.293 e. The van der Waals surface area contributed by atoms with E-state index in [1.54, 1.807) is 11.4 Å². The molecule has 1 unspecified atom stereocenters. The fourth-order valence-corrected chi connectivity index (χ4v) is 2.89. The van der Waals surface area contributed by atoms with Gasteiger partial charge >= 0.3 is 0 Å². The molecule has 2 amide bonds. The Kier molecular flexibility index (Phi) is 3.03. The molecule has 3 N–H and O–H groups in total. The molecule has 0 spiro atoms. The second kappa shape index (κ2) is 4.32. The van der Waals surface area contributed by atoms with E-state index in [1.165, 1.54) is 24.3 Å². The van der Waals surface area contributed by atoms with Gasteiger partial charge in [0.25, 0.3) is 26.7 Å². The molecule has 1 aromatic carbocycles. The van der Waals surface area contributed by atoms with Crippen LogP contribution in [0.4, 0.5) is 0 Å². The summed E-state index contributed by atoms with van der Waals surface area (Å²) in [5.74, 6) is -4.24. The van der Waals surface area contributed by atoms with Crippen molar-refractivity contribution in [1.82, 2.24) is 5.32 Å². The number of carbonyl (C=O) groups excluding carboxylic acids is 3. The maximum atomic E-state index is 12.3. The monoisotopic (exact) mass is 296 g/mol. The lowest BCUT2D eigenvalue weighted by atomic mass is 9.93. The predicted molar refractivity (Wildman–Crippen MR) is 65.9 cm³/mol. The number of ketones is 1. The third-order valence-corrected chi connectivity index (χ3v) is 4.22. The Morgan fingerprint density at radius 1 is 1.20 bits per heavy atom. The first kappa shape index (κ1) is 14.0. The van der Waals surface area contributed by atoms with Crippen molar-refractivity contribution in [3.05, 3.63) is 35.9 Å². The average Bonchev–Trinajstić information content (AvgIpc) is 2.60. The molecule has 1 saturated heterocycles. The minimum atomic E-state index is -5.35. The van der Waals surface area contributed by atoms with Crippen LogP contribution in [0.1, 0.15) is 10.4 Å². The van der Waals surface area contributed by atoms with Crippen molar-refractivity contribution in [2.75, 3.05) is 0 Å². The highest BCUT2D eigenvalue weighted by atomic mass is 32.2. The summed E-state index contributed by atoms with van der Waals surface area (Å²) < 4.78 is 29.0. The van der Waals surface area contributed by atoms with Crippen molar-refractivity contribution in [2.45, 2.75) is 4.75 Å². The summed E-state index contributed by atoms with van der Waals surface area (Å²) in [5.41, 5.74) is -1.54. The Morgan fingerprint density at radius 3 is 2.15 bits per heavy atom. The highest BCUT2D eigenvalue weighted by Crippen LogP contribution is 2.28. The van der Waals surface area contributed by atoms with Crippen molar-refractivity contribution in [1.29, 1.82) is 5.41 Å². The molecule has 1 aromatic rings. The summed E-state index contributed by atoms with van der Waals surface area (Å²) in [6.07, 6.45) is 0. The van der Waals surface area contributed by atoms with Gasteiger partial charge in [-0.05, 0) is 0 Å². The number of rotatable bonds is 3. The number of benzene rings is 1. The molecule has 0 aliphatic carbocycles. The lowest BCUT2D eigenvalue weighted by molar-refractivity contribution is -0.124. The van der Waals surface area contributed by atoms with Gasteiger partial charge in [0.1, 0.15) is 5.71 Å². The SMILES string of the molecule is N=C1C(=O)NC(=O)C1(C(=O)c1ccccc1)S(=O)(=O)O. The minimum Gasteiger partial charge on any atom is -0.297 e. The molecule has 8 nitrogen and oxygen atoms in total. The van der Waals surface area contributed by atoms with E-state index >= 15 is 0 Å². The van der Waals surface area contributed by atoms with E-state index in [0.29, 0.717) is 0 Å². The number of hydrogen-bond acceptors (Lipinski definition) is 6. The molecule has 0 bridgehead atoms. The number of Topliss-reactive ketones (excluding diaryl/α,β-unsaturated/α-hetero) is 1. The van der Waals surface area contributed by atoms with E-state index in [9.17, 15) is 27.4 Å². The Balaban J connectivity index is 2.74. The summed E-state index contributed by atoms with van der Waals surface area (Å²) in [6.45, 7) is 0. The molecule has 1 heterocycles. The summed E-state index contributed by atoms with van der Waals surface area (Å²) >= 11 is 0. The zero-order valence-electron chi connectivity index (χ0n) is 9.78. The molecular weight excluding hydrogens is 288 g/mol. The van der Waals surface area contributed by atoms with Gasteiger partial charge in [0.2, 0.25) is 5.78 Å². The van der Waals surface area contributed by atoms with Crippen molar-refractivity contribution in [3.63, 3.8) is 0 Å². The lowest BCUT2D eigenvalue weighted by Gasteiger charge is -2.20. The van der Waals surface area contributed by atoms with Gasteiger partial charge in [-0.1, -0.05) is 30.3 Å². The topological polar surface area (TPSA) is 141 Å². The van der Waals surface area contributed by atoms with Crippen LogP contribution in [0.15, 0.2) is 30.3 Å². The molecule has 0 saturated carbocycles. The first-order valence-electron chi connectivity index (χ1n) is 5.24. The van der Waals surface area contributed by atoms with Gasteiger partial charge < -0.3 is 0 Å². The van der Waals surface area contributed by atoms with Crippen LogP contribution in [0, 0.1) is 5.41 Å². The van der Waals surface area contributed by atoms with Crippen LogP contribution in [0.25, 0.3) is 0 Å².